The van der Waals surface area contributed by atoms with Crippen molar-refractivity contribution in [1.82, 2.24) is 5.32 Å². The zero-order valence-corrected chi connectivity index (χ0v) is 10.2. The number of hydrogen-bond donors (Lipinski definition) is 1. The van der Waals surface area contributed by atoms with Crippen LogP contribution in [0.4, 0.5) is 0 Å². The van der Waals surface area contributed by atoms with Crippen LogP contribution < -0.4 is 5.32 Å². The van der Waals surface area contributed by atoms with E-state index in [-0.39, 0.29) is 11.3 Å². The minimum atomic E-state index is 0.0857. The first kappa shape index (κ1) is 12.3. The smallest absolute Gasteiger partial charge is 0.220 e. The van der Waals surface area contributed by atoms with E-state index >= 15 is 0 Å². The van der Waals surface area contributed by atoms with Crippen LogP contribution in [0.1, 0.15) is 52.9 Å². The van der Waals surface area contributed by atoms with Gasteiger partial charge in [-0.1, -0.05) is 32.9 Å². The molecule has 2 nitrogen and oxygen atoms in total. The normalized spacial score (nSPS) is 19.0. The number of carbonyl (C=O) groups is 1. The van der Waals surface area contributed by atoms with Crippen LogP contribution in [0, 0.1) is 5.41 Å². The summed E-state index contributed by atoms with van der Waals surface area (Å²) in [6.07, 6.45) is 4.88. The zero-order valence-electron chi connectivity index (χ0n) is 10.2. The van der Waals surface area contributed by atoms with Crippen molar-refractivity contribution in [3.8, 4) is 0 Å². The maximum absolute atomic E-state index is 11.7. The number of hydrogen-bond acceptors (Lipinski definition) is 1. The molecule has 1 aliphatic carbocycles. The monoisotopic (exact) mass is 209 g/mol. The third kappa shape index (κ3) is 5.01. The summed E-state index contributed by atoms with van der Waals surface area (Å²) in [5.41, 5.74) is 1.42. The first-order valence-corrected chi connectivity index (χ1v) is 5.83. The molecule has 0 aromatic heterocycles. The fourth-order valence-electron chi connectivity index (χ4n) is 1.93. The number of carbonyl (C=O) groups excluding carboxylic acids is 1. The van der Waals surface area contributed by atoms with Crippen LogP contribution in [0.3, 0.4) is 0 Å². The maximum Gasteiger partial charge on any atom is 0.220 e. The molecule has 15 heavy (non-hydrogen) atoms. The number of amides is 1. The lowest BCUT2D eigenvalue weighted by atomic mass is 9.89. The van der Waals surface area contributed by atoms with Crippen LogP contribution in [-0.2, 0) is 4.79 Å². The summed E-state index contributed by atoms with van der Waals surface area (Å²) < 4.78 is 0. The van der Waals surface area contributed by atoms with Gasteiger partial charge in [0.15, 0.2) is 0 Å². The number of allylic oxidation sites excluding steroid dienone is 1. The Morgan fingerprint density at radius 1 is 1.40 bits per heavy atom. The highest BCUT2D eigenvalue weighted by Gasteiger charge is 2.20. The van der Waals surface area contributed by atoms with Gasteiger partial charge in [-0.3, -0.25) is 4.79 Å². The molecule has 0 aliphatic heterocycles. The minimum absolute atomic E-state index is 0.0857. The molecule has 1 aliphatic rings. The predicted octanol–water partition coefficient (Wildman–Crippen LogP) is 3.04. The molecule has 0 atom stereocenters. The van der Waals surface area contributed by atoms with Gasteiger partial charge in [0.25, 0.3) is 0 Å². The van der Waals surface area contributed by atoms with Crippen molar-refractivity contribution in [2.75, 3.05) is 0 Å². The van der Waals surface area contributed by atoms with Gasteiger partial charge in [-0.05, 0) is 31.1 Å². The average molecular weight is 209 g/mol. The summed E-state index contributed by atoms with van der Waals surface area (Å²) in [7, 11) is 0. The van der Waals surface area contributed by atoms with Crippen LogP contribution in [0.2, 0.25) is 0 Å². The highest BCUT2D eigenvalue weighted by molar-refractivity contribution is 5.76. The van der Waals surface area contributed by atoms with Crippen LogP contribution >= 0.6 is 0 Å². The van der Waals surface area contributed by atoms with E-state index in [1.807, 2.05) is 0 Å². The van der Waals surface area contributed by atoms with Crippen LogP contribution in [0.5, 0.6) is 0 Å². The molecule has 1 N–H and O–H groups in total. The van der Waals surface area contributed by atoms with Crippen molar-refractivity contribution in [3.63, 3.8) is 0 Å². The van der Waals surface area contributed by atoms with Crippen molar-refractivity contribution in [3.05, 3.63) is 12.2 Å². The molecule has 0 unspecified atom stereocenters. The summed E-state index contributed by atoms with van der Waals surface area (Å²) in [4.78, 5) is 11.7. The zero-order chi connectivity index (χ0) is 11.5. The van der Waals surface area contributed by atoms with Crippen molar-refractivity contribution in [2.24, 2.45) is 5.41 Å². The topological polar surface area (TPSA) is 29.1 Å². The van der Waals surface area contributed by atoms with Gasteiger partial charge >= 0.3 is 0 Å². The molecule has 0 saturated heterocycles. The molecule has 0 bridgehead atoms. The minimum Gasteiger partial charge on any atom is -0.353 e. The summed E-state index contributed by atoms with van der Waals surface area (Å²) in [6.45, 7) is 10.3. The molecule has 1 fully saturated rings. The van der Waals surface area contributed by atoms with E-state index in [9.17, 15) is 4.79 Å². The fraction of sp³-hybridized carbons (Fsp3) is 0.769. The van der Waals surface area contributed by atoms with Gasteiger partial charge in [0, 0.05) is 12.5 Å². The molecule has 1 amide bonds. The van der Waals surface area contributed by atoms with Gasteiger partial charge in [0.1, 0.15) is 0 Å². The second-order valence-corrected chi connectivity index (χ2v) is 5.83. The van der Waals surface area contributed by atoms with E-state index in [4.69, 9.17) is 0 Å². The molecule has 0 aromatic rings. The molecule has 1 saturated carbocycles. The lowest BCUT2D eigenvalue weighted by Crippen LogP contribution is -2.38. The number of rotatable bonds is 2. The van der Waals surface area contributed by atoms with E-state index in [1.54, 1.807) is 0 Å². The summed E-state index contributed by atoms with van der Waals surface area (Å²) in [5, 5.41) is 3.12. The van der Waals surface area contributed by atoms with Crippen molar-refractivity contribution >= 4 is 5.91 Å². The summed E-state index contributed by atoms with van der Waals surface area (Å²) in [5.74, 6) is 0.194. The molecule has 1 rings (SSSR count). The molecule has 86 valence electrons. The Hall–Kier alpha value is -0.790. The Kier molecular flexibility index (Phi) is 3.95. The molecule has 2 heteroatoms. The van der Waals surface area contributed by atoms with Crippen molar-refractivity contribution in [2.45, 2.75) is 58.9 Å². The second-order valence-electron chi connectivity index (χ2n) is 5.83. The second kappa shape index (κ2) is 4.82. The van der Waals surface area contributed by atoms with Crippen molar-refractivity contribution in [1.29, 1.82) is 0 Å². The molecule has 0 spiro atoms. The highest BCUT2D eigenvalue weighted by Crippen LogP contribution is 2.23. The van der Waals surface area contributed by atoms with Crippen molar-refractivity contribution < 1.29 is 4.79 Å². The third-order valence-corrected chi connectivity index (χ3v) is 2.75. The molecular weight excluding hydrogens is 186 g/mol. The van der Waals surface area contributed by atoms with E-state index < -0.39 is 0 Å². The fourth-order valence-corrected chi connectivity index (χ4v) is 1.93. The Morgan fingerprint density at radius 3 is 2.40 bits per heavy atom. The Labute approximate surface area is 93.1 Å². The quantitative estimate of drug-likeness (QED) is 0.696. The van der Waals surface area contributed by atoms with E-state index in [1.165, 1.54) is 5.57 Å². The first-order valence-electron chi connectivity index (χ1n) is 5.83. The Morgan fingerprint density at radius 2 is 1.93 bits per heavy atom. The van der Waals surface area contributed by atoms with Crippen LogP contribution in [0.25, 0.3) is 0 Å². The standard InChI is InChI=1S/C13H23NO/c1-10-5-7-11(8-6-10)14-12(15)9-13(2,3)4/h11H,1,5-9H2,2-4H3,(H,14,15). The Balaban J connectivity index is 2.29. The summed E-state index contributed by atoms with van der Waals surface area (Å²) >= 11 is 0. The van der Waals surface area contributed by atoms with E-state index in [0.29, 0.717) is 12.5 Å². The van der Waals surface area contributed by atoms with Gasteiger partial charge in [0.2, 0.25) is 5.91 Å². The third-order valence-electron chi connectivity index (χ3n) is 2.75. The van der Waals surface area contributed by atoms with Gasteiger partial charge in [0.05, 0.1) is 0 Å². The van der Waals surface area contributed by atoms with Gasteiger partial charge in [-0.25, -0.2) is 0 Å². The van der Waals surface area contributed by atoms with Crippen LogP contribution in [-0.4, -0.2) is 11.9 Å². The highest BCUT2D eigenvalue weighted by atomic mass is 16.1. The average Bonchev–Trinajstić information content (AvgIpc) is 2.05. The van der Waals surface area contributed by atoms with Gasteiger partial charge in [-0.15, -0.1) is 0 Å². The maximum atomic E-state index is 11.7. The van der Waals surface area contributed by atoms with Gasteiger partial charge in [-0.2, -0.15) is 0 Å². The molecule has 0 radical (unpaired) electrons. The predicted molar refractivity (Wildman–Crippen MR) is 63.6 cm³/mol. The SMILES string of the molecule is C=C1CCC(NC(=O)CC(C)(C)C)CC1. The largest absolute Gasteiger partial charge is 0.353 e. The molecule has 0 aromatic carbocycles. The summed E-state index contributed by atoms with van der Waals surface area (Å²) in [6, 6.07) is 0.380. The lowest BCUT2D eigenvalue weighted by molar-refractivity contribution is -0.123. The van der Waals surface area contributed by atoms with Crippen LogP contribution in [0.15, 0.2) is 12.2 Å². The first-order chi connectivity index (χ1) is 6.87. The molecular formula is C13H23NO. The van der Waals surface area contributed by atoms with E-state index in [2.05, 4.69) is 32.7 Å². The Bertz CT molecular complexity index is 240. The molecule has 0 heterocycles. The van der Waals surface area contributed by atoms with Gasteiger partial charge < -0.3 is 5.32 Å². The van der Waals surface area contributed by atoms with E-state index in [0.717, 1.165) is 25.7 Å². The number of nitrogens with one attached hydrogen (secondary N) is 1. The lowest BCUT2D eigenvalue weighted by Gasteiger charge is -2.26.